The molecule has 2 aromatic carbocycles. The summed E-state index contributed by atoms with van der Waals surface area (Å²) in [5, 5.41) is 66.4. The van der Waals surface area contributed by atoms with E-state index in [-0.39, 0.29) is 44.5 Å². The van der Waals surface area contributed by atoms with Crippen LogP contribution in [0.25, 0.3) is 10.8 Å². The zero-order chi connectivity index (χ0) is 42.8. The molecule has 0 radical (unpaired) electrons. The van der Waals surface area contributed by atoms with Crippen LogP contribution in [0.5, 0.6) is 23.0 Å². The number of hydrogen-bond donors (Lipinski definition) is 6. The number of ketones is 1. The van der Waals surface area contributed by atoms with Crippen LogP contribution >= 0.6 is 0 Å². The third-order valence-electron chi connectivity index (χ3n) is 11.4. The van der Waals surface area contributed by atoms with E-state index >= 15 is 0 Å². The Hall–Kier alpha value is -5.16. The number of ether oxygens (including phenoxy) is 5. The number of rotatable bonds is 4. The molecule has 1 amide bonds. The number of esters is 1. The second-order valence-corrected chi connectivity index (χ2v) is 15.4. The van der Waals surface area contributed by atoms with Crippen molar-refractivity contribution in [1.29, 1.82) is 0 Å². The van der Waals surface area contributed by atoms with Crippen molar-refractivity contribution < 1.29 is 63.6 Å². The number of nitrogens with zero attached hydrogens (tertiary/aromatic N) is 2. The number of morpholine rings is 1. The molecule has 1 fully saturated rings. The number of anilines is 1. The van der Waals surface area contributed by atoms with Gasteiger partial charge in [-0.1, -0.05) is 45.9 Å². The van der Waals surface area contributed by atoms with E-state index in [1.807, 2.05) is 0 Å². The molecule has 16 heteroatoms. The number of aromatic hydroxyl groups is 3. The minimum atomic E-state index is -2.05. The average Bonchev–Trinajstić information content (AvgIpc) is 3.46. The first-order valence-electron chi connectivity index (χ1n) is 19.3. The summed E-state index contributed by atoms with van der Waals surface area (Å²) in [4.78, 5) is 40.4. The zero-order valence-electron chi connectivity index (χ0n) is 34.3. The third-order valence-corrected chi connectivity index (χ3v) is 11.4. The summed E-state index contributed by atoms with van der Waals surface area (Å²) < 4.78 is 29.0. The number of phenolic OH excluding ortho intramolecular Hbond substituents is 3. The average molecular weight is 810 g/mol. The van der Waals surface area contributed by atoms with Crippen molar-refractivity contribution in [3.05, 3.63) is 52.8 Å². The van der Waals surface area contributed by atoms with Gasteiger partial charge in [0.05, 0.1) is 79.3 Å². The number of allylic oxidation sites excluding steroid dienone is 2. The lowest BCUT2D eigenvalue weighted by atomic mass is 9.78. The van der Waals surface area contributed by atoms with Crippen LogP contribution in [-0.2, 0) is 28.5 Å². The molecule has 0 spiro atoms. The summed E-state index contributed by atoms with van der Waals surface area (Å²) in [6, 6.07) is 0. The van der Waals surface area contributed by atoms with Crippen molar-refractivity contribution in [3.63, 3.8) is 0 Å². The first-order valence-corrected chi connectivity index (χ1v) is 19.3. The summed E-state index contributed by atoms with van der Waals surface area (Å²) in [6.07, 6.45) is 4.76. The van der Waals surface area contributed by atoms with Crippen molar-refractivity contribution in [2.75, 3.05) is 38.7 Å². The van der Waals surface area contributed by atoms with Gasteiger partial charge in [-0.05, 0) is 19.9 Å². The Morgan fingerprint density at radius 2 is 1.64 bits per heavy atom. The number of amides is 1. The van der Waals surface area contributed by atoms with Gasteiger partial charge in [0, 0.05) is 61.2 Å². The minimum absolute atomic E-state index is 0.0475. The third kappa shape index (κ3) is 8.51. The maximum atomic E-state index is 14.4. The number of nitrogens with one attached hydrogen (secondary N) is 1. The number of carbonyl (C=O) groups excluding carboxylic acids is 3. The van der Waals surface area contributed by atoms with Crippen molar-refractivity contribution in [1.82, 2.24) is 5.01 Å². The van der Waals surface area contributed by atoms with E-state index < -0.39 is 88.8 Å². The summed E-state index contributed by atoms with van der Waals surface area (Å²) in [7, 11) is 1.43. The molecule has 5 bridgehead atoms. The second-order valence-electron chi connectivity index (χ2n) is 15.4. The molecular formula is C42H55N3O13. The number of benzene rings is 2. The van der Waals surface area contributed by atoms with Gasteiger partial charge in [0.1, 0.15) is 23.4 Å². The quantitative estimate of drug-likeness (QED) is 0.109. The molecule has 4 aliphatic heterocycles. The summed E-state index contributed by atoms with van der Waals surface area (Å²) in [6.45, 7) is 14.1. The Morgan fingerprint density at radius 1 is 0.966 bits per heavy atom. The zero-order valence-corrected chi connectivity index (χ0v) is 34.3. The SMILES string of the molecule is COC1/C=C/OC2(C)Oc3c(C)c(O)c4c(O)c(c(/C=N/N5CCOCC5)c(O)c4c3C2=O)NC(=O)/C(C)=C/C=C/C(C)C(O)C(C)C(O)C(C)C(OC(C)=O)C1C. The summed E-state index contributed by atoms with van der Waals surface area (Å²) in [5.41, 5.74) is -0.426. The van der Waals surface area contributed by atoms with Crippen molar-refractivity contribution in [3.8, 4) is 23.0 Å². The maximum Gasteiger partial charge on any atom is 0.312 e. The van der Waals surface area contributed by atoms with Gasteiger partial charge in [-0.2, -0.15) is 5.10 Å². The predicted octanol–water partition coefficient (Wildman–Crippen LogP) is 4.42. The molecule has 0 aliphatic carbocycles. The molecule has 58 heavy (non-hydrogen) atoms. The van der Waals surface area contributed by atoms with Gasteiger partial charge in [0.15, 0.2) is 5.75 Å². The predicted molar refractivity (Wildman–Crippen MR) is 214 cm³/mol. The molecule has 2 aromatic rings. The van der Waals surface area contributed by atoms with E-state index in [0.717, 1.165) is 0 Å². The van der Waals surface area contributed by atoms with Crippen LogP contribution in [0.2, 0.25) is 0 Å². The Bertz CT molecular complexity index is 2040. The van der Waals surface area contributed by atoms with Crippen LogP contribution in [0.1, 0.15) is 70.0 Å². The van der Waals surface area contributed by atoms with E-state index in [1.165, 1.54) is 59.4 Å². The standard InChI is InChI=1S/C42H55N3O13/c1-20-11-10-12-21(2)41(53)44-32-27(19-43-45-14-17-55-18-15-45)36(50)29-30(37(32)51)35(49)25(6)39-31(29)40(52)42(8,58-39)56-16-13-28(54-9)22(3)38(57-26(7)46)24(5)34(48)23(4)33(20)47/h10-13,16,19-20,22-24,28,33-34,38,47-51H,14-15,17-18H2,1-9H3,(H,44,53)/b11-10+,16-13+,21-12+,43-19+. The van der Waals surface area contributed by atoms with Crippen LogP contribution in [0.15, 0.2) is 41.2 Å². The highest BCUT2D eigenvalue weighted by Gasteiger charge is 2.50. The topological polar surface area (TPSA) is 226 Å². The number of methoxy groups -OCH3 is 1. The van der Waals surface area contributed by atoms with E-state index in [9.17, 15) is 39.9 Å². The van der Waals surface area contributed by atoms with E-state index in [4.69, 9.17) is 23.7 Å². The number of hydrazone groups is 1. The number of Topliss-reactive ketones (excluding diaryl/α,β-unsaturated/α-hetero) is 1. The van der Waals surface area contributed by atoms with Gasteiger partial charge < -0.3 is 54.5 Å². The maximum absolute atomic E-state index is 14.4. The summed E-state index contributed by atoms with van der Waals surface area (Å²) in [5.74, 6) is -8.44. The second kappa shape index (κ2) is 17.8. The highest BCUT2D eigenvalue weighted by atomic mass is 16.7. The van der Waals surface area contributed by atoms with E-state index in [0.29, 0.717) is 26.3 Å². The number of carbonyl (C=O) groups is 3. The number of aliphatic hydroxyl groups is 2. The molecule has 4 heterocycles. The molecule has 6 rings (SSSR count). The van der Waals surface area contributed by atoms with Gasteiger partial charge in [0.2, 0.25) is 0 Å². The van der Waals surface area contributed by atoms with Gasteiger partial charge in [-0.25, -0.2) is 0 Å². The van der Waals surface area contributed by atoms with Crippen molar-refractivity contribution in [2.45, 2.75) is 85.6 Å². The Balaban J connectivity index is 1.71. The minimum Gasteiger partial charge on any atom is -0.507 e. The van der Waals surface area contributed by atoms with Crippen molar-refractivity contribution >= 4 is 40.3 Å². The Morgan fingerprint density at radius 3 is 2.28 bits per heavy atom. The molecular weight excluding hydrogens is 754 g/mol. The molecule has 4 aliphatic rings. The molecule has 16 nitrogen and oxygen atoms in total. The largest absolute Gasteiger partial charge is 0.507 e. The number of hydrogen-bond acceptors (Lipinski definition) is 15. The molecule has 1 saturated heterocycles. The van der Waals surface area contributed by atoms with Crippen LogP contribution in [0.3, 0.4) is 0 Å². The van der Waals surface area contributed by atoms with Gasteiger partial charge in [-0.15, -0.1) is 0 Å². The molecule has 9 unspecified atom stereocenters. The van der Waals surface area contributed by atoms with Crippen LogP contribution in [-0.4, -0.2) is 118 Å². The molecule has 316 valence electrons. The first kappa shape index (κ1) is 44.0. The fourth-order valence-electron chi connectivity index (χ4n) is 7.68. The van der Waals surface area contributed by atoms with Gasteiger partial charge >= 0.3 is 11.8 Å². The van der Waals surface area contributed by atoms with Crippen LogP contribution < -0.4 is 10.1 Å². The van der Waals surface area contributed by atoms with E-state index in [1.54, 1.807) is 44.9 Å². The Kier molecular flexibility index (Phi) is 13.5. The molecule has 6 N–H and O–H groups in total. The highest BCUT2D eigenvalue weighted by molar-refractivity contribution is 6.23. The monoisotopic (exact) mass is 809 g/mol. The fraction of sp³-hybridized carbons (Fsp3) is 0.524. The van der Waals surface area contributed by atoms with Gasteiger partial charge in [0.25, 0.3) is 11.7 Å². The lowest BCUT2D eigenvalue weighted by Gasteiger charge is -2.38. The number of phenols is 3. The van der Waals surface area contributed by atoms with Crippen LogP contribution in [0, 0.1) is 30.6 Å². The Labute approximate surface area is 337 Å². The van der Waals surface area contributed by atoms with Crippen LogP contribution in [0.4, 0.5) is 5.69 Å². The lowest BCUT2D eigenvalue weighted by Crippen LogP contribution is -2.46. The molecule has 9 atom stereocenters. The first-order chi connectivity index (χ1) is 27.3. The lowest BCUT2D eigenvalue weighted by molar-refractivity contribution is -0.160. The normalized spacial score (nSPS) is 32.1. The van der Waals surface area contributed by atoms with Crippen molar-refractivity contribution in [2.24, 2.45) is 28.8 Å². The highest BCUT2D eigenvalue weighted by Crippen LogP contribution is 2.55. The van der Waals surface area contributed by atoms with E-state index in [2.05, 4.69) is 10.4 Å². The number of fused-ring (bicyclic) bond motifs is 14. The van der Waals surface area contributed by atoms with Gasteiger partial charge in [-0.3, -0.25) is 19.4 Å². The molecule has 0 saturated carbocycles. The molecule has 0 aromatic heterocycles. The summed E-state index contributed by atoms with van der Waals surface area (Å²) >= 11 is 0. The smallest absolute Gasteiger partial charge is 0.312 e. The fourth-order valence-corrected chi connectivity index (χ4v) is 7.68. The number of aliphatic hydroxyl groups excluding tert-OH is 2.